The number of rotatable bonds is 7. The van der Waals surface area contributed by atoms with Gasteiger partial charge in [-0.3, -0.25) is 9.59 Å². The predicted molar refractivity (Wildman–Crippen MR) is 116 cm³/mol. The third kappa shape index (κ3) is 5.74. The lowest BCUT2D eigenvalue weighted by atomic mass is 9.89. The van der Waals surface area contributed by atoms with Gasteiger partial charge in [0.15, 0.2) is 0 Å². The maximum absolute atomic E-state index is 12.9. The van der Waals surface area contributed by atoms with Crippen molar-refractivity contribution in [2.24, 2.45) is 5.92 Å². The van der Waals surface area contributed by atoms with Gasteiger partial charge in [0.05, 0.1) is 5.02 Å². The average Bonchev–Trinajstić information content (AvgIpc) is 2.77. The van der Waals surface area contributed by atoms with Gasteiger partial charge in [0.25, 0.3) is 5.91 Å². The van der Waals surface area contributed by atoms with Gasteiger partial charge in [-0.05, 0) is 43.9 Å². The van der Waals surface area contributed by atoms with Crippen molar-refractivity contribution in [2.75, 3.05) is 26.2 Å². The van der Waals surface area contributed by atoms with Crippen molar-refractivity contribution in [3.8, 4) is 0 Å². The van der Waals surface area contributed by atoms with Crippen molar-refractivity contribution >= 4 is 33.4 Å². The van der Waals surface area contributed by atoms with Crippen LogP contribution < -0.4 is 10.6 Å². The molecule has 30 heavy (non-hydrogen) atoms. The van der Waals surface area contributed by atoms with E-state index in [0.717, 1.165) is 44.9 Å². The molecule has 0 atom stereocenters. The molecule has 1 aliphatic heterocycles. The summed E-state index contributed by atoms with van der Waals surface area (Å²) in [7, 11) is -3.73. The Kier molecular flexibility index (Phi) is 8.13. The van der Waals surface area contributed by atoms with E-state index in [9.17, 15) is 18.0 Å². The van der Waals surface area contributed by atoms with Crippen molar-refractivity contribution in [1.82, 2.24) is 14.9 Å². The highest BCUT2D eigenvalue weighted by Crippen LogP contribution is 2.28. The first kappa shape index (κ1) is 23.0. The van der Waals surface area contributed by atoms with Gasteiger partial charge in [-0.25, -0.2) is 8.42 Å². The highest BCUT2D eigenvalue weighted by atomic mass is 35.5. The van der Waals surface area contributed by atoms with Crippen LogP contribution in [0.5, 0.6) is 0 Å². The Hall–Kier alpha value is -1.64. The van der Waals surface area contributed by atoms with E-state index in [1.807, 2.05) is 0 Å². The first-order chi connectivity index (χ1) is 14.4. The van der Waals surface area contributed by atoms with Gasteiger partial charge in [0, 0.05) is 37.7 Å². The molecule has 0 spiro atoms. The fraction of sp³-hybridized carbons (Fsp3) is 0.619. The Bertz CT molecular complexity index is 863. The molecule has 1 saturated carbocycles. The summed E-state index contributed by atoms with van der Waals surface area (Å²) in [5.74, 6) is -0.271. The van der Waals surface area contributed by atoms with Gasteiger partial charge < -0.3 is 10.6 Å². The van der Waals surface area contributed by atoms with E-state index in [-0.39, 0.29) is 33.9 Å². The number of carbonyl (C=O) groups excluding carboxylic acids is 2. The molecule has 1 aromatic rings. The minimum atomic E-state index is -3.73. The number of sulfonamides is 1. The molecule has 2 aliphatic rings. The van der Waals surface area contributed by atoms with Gasteiger partial charge in [-0.1, -0.05) is 37.3 Å². The van der Waals surface area contributed by atoms with Gasteiger partial charge in [0.1, 0.15) is 4.90 Å². The van der Waals surface area contributed by atoms with E-state index in [1.54, 1.807) is 0 Å². The van der Waals surface area contributed by atoms with E-state index in [2.05, 4.69) is 10.6 Å². The first-order valence-corrected chi connectivity index (χ1v) is 12.6. The number of halogens is 1. The third-order valence-electron chi connectivity index (χ3n) is 5.81. The minimum Gasteiger partial charge on any atom is -0.354 e. The molecule has 0 aromatic heterocycles. The maximum Gasteiger partial charge on any atom is 0.251 e. The number of amides is 2. The quantitative estimate of drug-likeness (QED) is 0.618. The topological polar surface area (TPSA) is 95.6 Å². The van der Waals surface area contributed by atoms with Gasteiger partial charge in [-0.15, -0.1) is 0 Å². The summed E-state index contributed by atoms with van der Waals surface area (Å²) >= 11 is 6.16. The van der Waals surface area contributed by atoms with E-state index in [1.165, 1.54) is 28.9 Å². The van der Waals surface area contributed by atoms with Crippen LogP contribution in [0.3, 0.4) is 0 Å². The summed E-state index contributed by atoms with van der Waals surface area (Å²) in [6.45, 7) is 1.55. The third-order valence-corrected chi connectivity index (χ3v) is 8.19. The lowest BCUT2D eigenvalue weighted by Crippen LogP contribution is -2.38. The maximum atomic E-state index is 12.9. The average molecular weight is 456 g/mol. The van der Waals surface area contributed by atoms with E-state index < -0.39 is 15.9 Å². The van der Waals surface area contributed by atoms with Crippen molar-refractivity contribution in [1.29, 1.82) is 0 Å². The second-order valence-electron chi connectivity index (χ2n) is 7.99. The molecule has 1 heterocycles. The van der Waals surface area contributed by atoms with Crippen LogP contribution in [-0.2, 0) is 14.8 Å². The summed E-state index contributed by atoms with van der Waals surface area (Å²) in [6, 6.07) is 4.29. The highest BCUT2D eigenvalue weighted by Gasteiger charge is 2.28. The van der Waals surface area contributed by atoms with Crippen LogP contribution >= 0.6 is 11.6 Å². The Morgan fingerprint density at radius 1 is 0.967 bits per heavy atom. The lowest BCUT2D eigenvalue weighted by molar-refractivity contribution is -0.125. The van der Waals surface area contributed by atoms with Crippen LogP contribution in [0.1, 0.15) is 61.7 Å². The molecule has 2 fully saturated rings. The molecule has 1 aromatic carbocycles. The number of hydrogen-bond acceptors (Lipinski definition) is 4. The summed E-state index contributed by atoms with van der Waals surface area (Å²) in [6.07, 6.45) is 7.89. The minimum absolute atomic E-state index is 0.0377. The molecule has 0 radical (unpaired) electrons. The van der Waals surface area contributed by atoms with E-state index in [0.29, 0.717) is 19.6 Å². The monoisotopic (exact) mass is 455 g/mol. The summed E-state index contributed by atoms with van der Waals surface area (Å²) in [4.78, 5) is 24.6. The van der Waals surface area contributed by atoms with Crippen LogP contribution in [0, 0.1) is 5.92 Å². The Morgan fingerprint density at radius 3 is 2.30 bits per heavy atom. The molecular formula is C21H30ClN3O4S. The second kappa shape index (κ2) is 10.6. The van der Waals surface area contributed by atoms with Crippen molar-refractivity contribution in [3.63, 3.8) is 0 Å². The van der Waals surface area contributed by atoms with Crippen molar-refractivity contribution < 1.29 is 18.0 Å². The fourth-order valence-electron chi connectivity index (χ4n) is 4.06. The number of benzene rings is 1. The zero-order valence-electron chi connectivity index (χ0n) is 17.2. The standard InChI is InChI=1S/C21H30ClN3O4S/c22-18-10-9-17(15-19(18)30(28,29)25-13-5-2-6-14-25)21(27)24-12-11-23-20(26)16-7-3-1-4-8-16/h9-10,15-16H,1-8,11-14H2,(H,23,26)(H,24,27). The molecule has 7 nitrogen and oxygen atoms in total. The number of piperidine rings is 1. The van der Waals surface area contributed by atoms with Crippen LogP contribution in [0.25, 0.3) is 0 Å². The molecule has 3 rings (SSSR count). The summed E-state index contributed by atoms with van der Waals surface area (Å²) in [5, 5.41) is 5.71. The van der Waals surface area contributed by atoms with Crippen LogP contribution in [0.2, 0.25) is 5.02 Å². The molecular weight excluding hydrogens is 426 g/mol. The smallest absolute Gasteiger partial charge is 0.251 e. The second-order valence-corrected chi connectivity index (χ2v) is 10.3. The van der Waals surface area contributed by atoms with Crippen molar-refractivity contribution in [2.45, 2.75) is 56.3 Å². The zero-order valence-corrected chi connectivity index (χ0v) is 18.7. The molecule has 9 heteroatoms. The highest BCUT2D eigenvalue weighted by molar-refractivity contribution is 7.89. The van der Waals surface area contributed by atoms with Crippen LogP contribution in [0.15, 0.2) is 23.1 Å². The molecule has 0 unspecified atom stereocenters. The molecule has 1 saturated heterocycles. The first-order valence-electron chi connectivity index (χ1n) is 10.8. The Morgan fingerprint density at radius 2 is 1.60 bits per heavy atom. The molecule has 0 bridgehead atoms. The fourth-order valence-corrected chi connectivity index (χ4v) is 6.08. The normalized spacial score (nSPS) is 18.7. The largest absolute Gasteiger partial charge is 0.354 e. The zero-order chi connectivity index (χ0) is 21.6. The van der Waals surface area contributed by atoms with Crippen LogP contribution in [-0.4, -0.2) is 50.7 Å². The SMILES string of the molecule is O=C(NCCNC(=O)C1CCCCC1)c1ccc(Cl)c(S(=O)(=O)N2CCCCC2)c1. The predicted octanol–water partition coefficient (Wildman–Crippen LogP) is 2.94. The molecule has 1 aliphatic carbocycles. The molecule has 2 amide bonds. The van der Waals surface area contributed by atoms with Crippen LogP contribution in [0.4, 0.5) is 0 Å². The van der Waals surface area contributed by atoms with Gasteiger partial charge in [-0.2, -0.15) is 4.31 Å². The van der Waals surface area contributed by atoms with Gasteiger partial charge >= 0.3 is 0 Å². The number of nitrogens with one attached hydrogen (secondary N) is 2. The van der Waals surface area contributed by atoms with Gasteiger partial charge in [0.2, 0.25) is 15.9 Å². The number of hydrogen-bond donors (Lipinski definition) is 2. The van der Waals surface area contributed by atoms with E-state index >= 15 is 0 Å². The Balaban J connectivity index is 1.56. The molecule has 166 valence electrons. The lowest BCUT2D eigenvalue weighted by Gasteiger charge is -2.26. The Labute approximate surface area is 183 Å². The number of carbonyl (C=O) groups is 2. The molecule has 2 N–H and O–H groups in total. The summed E-state index contributed by atoms with van der Waals surface area (Å²) in [5.41, 5.74) is 0.230. The van der Waals surface area contributed by atoms with Crippen molar-refractivity contribution in [3.05, 3.63) is 28.8 Å². The number of nitrogens with zero attached hydrogens (tertiary/aromatic N) is 1. The van der Waals surface area contributed by atoms with E-state index in [4.69, 9.17) is 11.6 Å². The summed E-state index contributed by atoms with van der Waals surface area (Å²) < 4.78 is 27.3.